The Morgan fingerprint density at radius 2 is 1.56 bits per heavy atom. The highest BCUT2D eigenvalue weighted by Gasteiger charge is 2.42. The molecule has 0 aromatic heterocycles. The van der Waals surface area contributed by atoms with Crippen molar-refractivity contribution < 1.29 is 28.5 Å². The molecule has 1 saturated heterocycles. The number of Topliss-reactive ketones (excluding diaryl/α,β-unsaturated/α-hetero) is 1. The highest BCUT2D eigenvalue weighted by atomic mass is 16.7. The Bertz CT molecular complexity index is 831. The molecule has 3 unspecified atom stereocenters. The van der Waals surface area contributed by atoms with Crippen molar-refractivity contribution in [1.82, 2.24) is 0 Å². The molecule has 2 rings (SSSR count). The van der Waals surface area contributed by atoms with Crippen LogP contribution in [0.1, 0.15) is 104 Å². The van der Waals surface area contributed by atoms with Gasteiger partial charge in [0, 0.05) is 17.7 Å². The Morgan fingerprint density at radius 1 is 0.971 bits per heavy atom. The van der Waals surface area contributed by atoms with Gasteiger partial charge >= 0.3 is 5.97 Å². The standard InChI is InChI=1S/C28H44O6/c1-18(2)15-16-31-28(9,10)23(29)20-11-13-21(14-12-20)25-32-19(3)22(33-25)24(30)34-27(7,8)17-26(4,5)6/h11-14,18-19,22,25H,15-17H2,1-10H3. The van der Waals surface area contributed by atoms with Crippen molar-refractivity contribution in [3.05, 3.63) is 35.4 Å². The maximum atomic E-state index is 13.0. The van der Waals surface area contributed by atoms with Crippen LogP contribution in [0.2, 0.25) is 0 Å². The van der Waals surface area contributed by atoms with E-state index < -0.39 is 35.7 Å². The molecule has 3 atom stereocenters. The second-order valence-electron chi connectivity index (χ2n) is 12.1. The summed E-state index contributed by atoms with van der Waals surface area (Å²) in [6.07, 6.45) is -0.320. The van der Waals surface area contributed by atoms with Crippen LogP contribution in [0.3, 0.4) is 0 Å². The average molecular weight is 477 g/mol. The summed E-state index contributed by atoms with van der Waals surface area (Å²) < 4.78 is 23.5. The molecule has 0 spiro atoms. The molecule has 1 aromatic carbocycles. The van der Waals surface area contributed by atoms with Crippen molar-refractivity contribution in [3.63, 3.8) is 0 Å². The minimum Gasteiger partial charge on any atom is -0.458 e. The topological polar surface area (TPSA) is 71.1 Å². The molecule has 1 fully saturated rings. The summed E-state index contributed by atoms with van der Waals surface area (Å²) in [6, 6.07) is 7.10. The normalized spacial score (nSPS) is 21.7. The quantitative estimate of drug-likeness (QED) is 0.293. The molecule has 6 heteroatoms. The predicted molar refractivity (Wildman–Crippen MR) is 133 cm³/mol. The number of rotatable bonds is 10. The van der Waals surface area contributed by atoms with Crippen molar-refractivity contribution >= 4 is 11.8 Å². The van der Waals surface area contributed by atoms with Gasteiger partial charge in [-0.25, -0.2) is 4.79 Å². The highest BCUT2D eigenvalue weighted by Crippen LogP contribution is 2.35. The number of carbonyl (C=O) groups excluding carboxylic acids is 2. The van der Waals surface area contributed by atoms with E-state index in [0.29, 0.717) is 18.1 Å². The van der Waals surface area contributed by atoms with Crippen LogP contribution in [-0.2, 0) is 23.7 Å². The van der Waals surface area contributed by atoms with Crippen LogP contribution in [0.25, 0.3) is 0 Å². The van der Waals surface area contributed by atoms with Gasteiger partial charge in [0.2, 0.25) is 0 Å². The molecule has 0 N–H and O–H groups in total. The molecule has 1 aliphatic heterocycles. The minimum atomic E-state index is -0.903. The summed E-state index contributed by atoms with van der Waals surface area (Å²) in [5, 5.41) is 0. The number of hydrogen-bond donors (Lipinski definition) is 0. The fourth-order valence-corrected chi connectivity index (χ4v) is 4.34. The van der Waals surface area contributed by atoms with Gasteiger partial charge in [-0.1, -0.05) is 58.9 Å². The third-order valence-corrected chi connectivity index (χ3v) is 5.75. The first-order valence-corrected chi connectivity index (χ1v) is 12.3. The molecular weight excluding hydrogens is 432 g/mol. The molecule has 1 heterocycles. The van der Waals surface area contributed by atoms with Crippen LogP contribution in [0.5, 0.6) is 0 Å². The van der Waals surface area contributed by atoms with E-state index in [1.807, 2.05) is 13.8 Å². The van der Waals surface area contributed by atoms with E-state index in [9.17, 15) is 9.59 Å². The first kappa shape index (κ1) is 28.5. The van der Waals surface area contributed by atoms with Crippen molar-refractivity contribution in [2.24, 2.45) is 11.3 Å². The zero-order valence-corrected chi connectivity index (χ0v) is 22.7. The lowest BCUT2D eigenvalue weighted by Gasteiger charge is -2.33. The van der Waals surface area contributed by atoms with Crippen LogP contribution in [0.15, 0.2) is 24.3 Å². The van der Waals surface area contributed by atoms with Crippen LogP contribution in [0.4, 0.5) is 0 Å². The van der Waals surface area contributed by atoms with Crippen molar-refractivity contribution in [2.45, 2.75) is 112 Å². The molecule has 34 heavy (non-hydrogen) atoms. The molecule has 1 aliphatic rings. The molecule has 0 amide bonds. The monoisotopic (exact) mass is 476 g/mol. The van der Waals surface area contributed by atoms with Crippen LogP contribution in [-0.4, -0.2) is 41.8 Å². The van der Waals surface area contributed by atoms with Gasteiger partial charge in [-0.3, -0.25) is 4.79 Å². The van der Waals surface area contributed by atoms with E-state index in [-0.39, 0.29) is 11.2 Å². The minimum absolute atomic E-state index is 0.0260. The average Bonchev–Trinajstić information content (AvgIpc) is 3.06. The van der Waals surface area contributed by atoms with Gasteiger partial charge in [0.15, 0.2) is 18.2 Å². The lowest BCUT2D eigenvalue weighted by molar-refractivity contribution is -0.172. The molecule has 0 saturated carbocycles. The largest absolute Gasteiger partial charge is 0.458 e. The Morgan fingerprint density at radius 3 is 2.09 bits per heavy atom. The lowest BCUT2D eigenvalue weighted by Crippen LogP contribution is -2.39. The Labute approximate surface area is 205 Å². The summed E-state index contributed by atoms with van der Waals surface area (Å²) in [5.41, 5.74) is -0.184. The smallest absolute Gasteiger partial charge is 0.338 e. The van der Waals surface area contributed by atoms with Gasteiger partial charge < -0.3 is 18.9 Å². The zero-order valence-electron chi connectivity index (χ0n) is 22.7. The first-order chi connectivity index (χ1) is 15.5. The van der Waals surface area contributed by atoms with E-state index in [0.717, 1.165) is 18.4 Å². The zero-order chi connectivity index (χ0) is 25.9. The number of carbonyl (C=O) groups is 2. The molecule has 192 valence electrons. The summed E-state index contributed by atoms with van der Waals surface area (Å²) in [7, 11) is 0. The van der Waals surface area contributed by atoms with Crippen LogP contribution in [0, 0.1) is 11.3 Å². The van der Waals surface area contributed by atoms with E-state index in [4.69, 9.17) is 18.9 Å². The van der Waals surface area contributed by atoms with Crippen molar-refractivity contribution in [1.29, 1.82) is 0 Å². The fourth-order valence-electron chi connectivity index (χ4n) is 4.34. The van der Waals surface area contributed by atoms with Gasteiger partial charge in [0.25, 0.3) is 0 Å². The summed E-state index contributed by atoms with van der Waals surface area (Å²) in [4.78, 5) is 25.8. The summed E-state index contributed by atoms with van der Waals surface area (Å²) >= 11 is 0. The third-order valence-electron chi connectivity index (χ3n) is 5.75. The molecule has 1 aromatic rings. The van der Waals surface area contributed by atoms with Gasteiger partial charge in [-0.2, -0.15) is 0 Å². The molecule has 0 bridgehead atoms. The Hall–Kier alpha value is -1.76. The van der Waals surface area contributed by atoms with Crippen molar-refractivity contribution in [2.75, 3.05) is 6.61 Å². The van der Waals surface area contributed by atoms with Crippen LogP contribution >= 0.6 is 0 Å². The fraction of sp³-hybridized carbons (Fsp3) is 0.714. The van der Waals surface area contributed by atoms with E-state index in [2.05, 4.69) is 34.6 Å². The lowest BCUT2D eigenvalue weighted by atomic mass is 9.83. The Balaban J connectivity index is 2.01. The number of ketones is 1. The highest BCUT2D eigenvalue weighted by molar-refractivity contribution is 6.02. The molecular formula is C28H44O6. The third kappa shape index (κ3) is 8.17. The maximum Gasteiger partial charge on any atom is 0.338 e. The van der Waals surface area contributed by atoms with Gasteiger partial charge in [-0.05, 0) is 58.8 Å². The second kappa shape index (κ2) is 10.9. The number of benzene rings is 1. The van der Waals surface area contributed by atoms with Gasteiger partial charge in [-0.15, -0.1) is 0 Å². The summed E-state index contributed by atoms with van der Waals surface area (Å²) in [6.45, 7) is 20.4. The Kier molecular flexibility index (Phi) is 9.11. The number of hydrogen-bond acceptors (Lipinski definition) is 6. The van der Waals surface area contributed by atoms with E-state index in [1.165, 1.54) is 0 Å². The first-order valence-electron chi connectivity index (χ1n) is 12.3. The predicted octanol–water partition coefficient (Wildman–Crippen LogP) is 6.27. The molecule has 6 nitrogen and oxygen atoms in total. The number of ether oxygens (including phenoxy) is 4. The van der Waals surface area contributed by atoms with Crippen LogP contribution < -0.4 is 0 Å². The van der Waals surface area contributed by atoms with E-state index in [1.54, 1.807) is 45.0 Å². The van der Waals surface area contributed by atoms with Gasteiger partial charge in [0.05, 0.1) is 6.10 Å². The molecule has 0 aliphatic carbocycles. The molecule has 0 radical (unpaired) electrons. The maximum absolute atomic E-state index is 13.0. The van der Waals surface area contributed by atoms with Crippen molar-refractivity contribution in [3.8, 4) is 0 Å². The SMILES string of the molecule is CC(C)CCOC(C)(C)C(=O)c1ccc(C2OC(C)C(C(=O)OC(C)(C)CC(C)(C)C)O2)cc1. The van der Waals surface area contributed by atoms with E-state index >= 15 is 0 Å². The number of esters is 1. The second-order valence-corrected chi connectivity index (χ2v) is 12.1. The summed E-state index contributed by atoms with van der Waals surface area (Å²) in [5.74, 6) is 0.0213. The van der Waals surface area contributed by atoms with Gasteiger partial charge in [0.1, 0.15) is 11.2 Å².